The zero-order valence-electron chi connectivity index (χ0n) is 5.93. The minimum atomic E-state index is 0.704. The Balaban J connectivity index is 3.39. The molecule has 0 heterocycles. The molecule has 1 aromatic rings. The zero-order valence-corrected chi connectivity index (χ0v) is 8.98. The van der Waals surface area contributed by atoms with Crippen molar-refractivity contribution in [3.8, 4) is 6.07 Å². The van der Waals surface area contributed by atoms with Crippen LogP contribution in [0.4, 0.5) is 0 Å². The number of nitrogens with zero attached hydrogens (tertiary/aromatic N) is 1. The topological polar surface area (TPSA) is 23.8 Å². The van der Waals surface area contributed by atoms with Crippen molar-refractivity contribution in [3.05, 3.63) is 26.8 Å². The molecule has 1 nitrogen and oxygen atoms in total. The van der Waals surface area contributed by atoms with Gasteiger partial charge in [-0.05, 0) is 47.2 Å². The first-order valence-corrected chi connectivity index (χ1v) is 4.57. The van der Waals surface area contributed by atoms with Crippen molar-refractivity contribution >= 4 is 35.2 Å². The van der Waals surface area contributed by atoms with E-state index in [4.69, 9.17) is 5.26 Å². The van der Waals surface area contributed by atoms with Gasteiger partial charge in [0.1, 0.15) is 6.07 Å². The van der Waals surface area contributed by atoms with Crippen molar-refractivity contribution in [3.63, 3.8) is 0 Å². The average molecular weight is 275 g/mol. The maximum Gasteiger partial charge on any atom is 0.100 e. The lowest BCUT2D eigenvalue weighted by molar-refractivity contribution is 1.30. The van der Waals surface area contributed by atoms with E-state index in [1.165, 1.54) is 0 Å². The number of benzene rings is 1. The Morgan fingerprint density at radius 2 is 2.18 bits per heavy atom. The van der Waals surface area contributed by atoms with Crippen molar-refractivity contribution in [2.45, 2.75) is 11.8 Å². The van der Waals surface area contributed by atoms with Gasteiger partial charge in [0.15, 0.2) is 0 Å². The molecule has 0 fully saturated rings. The van der Waals surface area contributed by atoms with Gasteiger partial charge in [0.25, 0.3) is 0 Å². The number of thiol groups is 1. The van der Waals surface area contributed by atoms with Gasteiger partial charge in [-0.25, -0.2) is 0 Å². The predicted molar refractivity (Wildman–Crippen MR) is 55.9 cm³/mol. The molecule has 0 aliphatic rings. The third-order valence-electron chi connectivity index (χ3n) is 1.36. The molecule has 1 rings (SSSR count). The molecule has 0 radical (unpaired) electrons. The molecular formula is C8H6INS. The smallest absolute Gasteiger partial charge is 0.100 e. The van der Waals surface area contributed by atoms with E-state index in [9.17, 15) is 0 Å². The lowest BCUT2D eigenvalue weighted by atomic mass is 10.2. The normalized spacial score (nSPS) is 9.27. The van der Waals surface area contributed by atoms with Crippen LogP contribution >= 0.6 is 35.2 Å². The molecule has 0 aromatic heterocycles. The highest BCUT2D eigenvalue weighted by molar-refractivity contribution is 14.1. The summed E-state index contributed by atoms with van der Waals surface area (Å²) in [4.78, 5) is 0.847. The van der Waals surface area contributed by atoms with Gasteiger partial charge in [-0.2, -0.15) is 5.26 Å². The Hall–Kier alpha value is -0.210. The molecule has 0 spiro atoms. The van der Waals surface area contributed by atoms with E-state index >= 15 is 0 Å². The summed E-state index contributed by atoms with van der Waals surface area (Å²) in [7, 11) is 0. The quantitative estimate of drug-likeness (QED) is 0.571. The van der Waals surface area contributed by atoms with Gasteiger partial charge in [0.2, 0.25) is 0 Å². The molecule has 56 valence electrons. The molecule has 0 aliphatic carbocycles. The van der Waals surface area contributed by atoms with Gasteiger partial charge in [-0.1, -0.05) is 0 Å². The largest absolute Gasteiger partial charge is 0.192 e. The fourth-order valence-electron chi connectivity index (χ4n) is 0.832. The Morgan fingerprint density at radius 1 is 1.55 bits per heavy atom. The molecule has 0 saturated carbocycles. The van der Waals surface area contributed by atoms with Crippen LogP contribution < -0.4 is 0 Å². The summed E-state index contributed by atoms with van der Waals surface area (Å²) in [5.41, 5.74) is 1.81. The van der Waals surface area contributed by atoms with E-state index in [1.54, 1.807) is 6.07 Å². The van der Waals surface area contributed by atoms with Gasteiger partial charge in [-0.15, -0.1) is 12.6 Å². The summed E-state index contributed by atoms with van der Waals surface area (Å²) in [6.45, 7) is 1.97. The molecule has 0 saturated heterocycles. The van der Waals surface area contributed by atoms with Crippen LogP contribution in [0.3, 0.4) is 0 Å². The van der Waals surface area contributed by atoms with Gasteiger partial charge < -0.3 is 0 Å². The summed E-state index contributed by atoms with van der Waals surface area (Å²) < 4.78 is 1.02. The molecule has 0 N–H and O–H groups in total. The third-order valence-corrected chi connectivity index (χ3v) is 3.05. The van der Waals surface area contributed by atoms with E-state index in [0.717, 1.165) is 14.0 Å². The van der Waals surface area contributed by atoms with Gasteiger partial charge in [-0.3, -0.25) is 0 Å². The van der Waals surface area contributed by atoms with Crippen molar-refractivity contribution in [2.24, 2.45) is 0 Å². The second-order valence-electron chi connectivity index (χ2n) is 2.24. The first-order valence-electron chi connectivity index (χ1n) is 3.04. The fraction of sp³-hybridized carbons (Fsp3) is 0.125. The average Bonchev–Trinajstić information content (AvgIpc) is 1.96. The minimum Gasteiger partial charge on any atom is -0.192 e. The number of nitriles is 1. The van der Waals surface area contributed by atoms with E-state index < -0.39 is 0 Å². The van der Waals surface area contributed by atoms with Gasteiger partial charge in [0, 0.05) is 8.47 Å². The summed E-state index contributed by atoms with van der Waals surface area (Å²) in [5, 5.41) is 8.68. The molecule has 0 aliphatic heterocycles. The predicted octanol–water partition coefficient (Wildman–Crippen LogP) is 2.76. The first kappa shape index (κ1) is 8.88. The van der Waals surface area contributed by atoms with Crippen molar-refractivity contribution in [1.82, 2.24) is 0 Å². The van der Waals surface area contributed by atoms with Crippen LogP contribution in [0.15, 0.2) is 17.0 Å². The molecule has 1 aromatic carbocycles. The number of halogens is 1. The zero-order chi connectivity index (χ0) is 8.43. The van der Waals surface area contributed by atoms with Crippen molar-refractivity contribution < 1.29 is 0 Å². The third kappa shape index (κ3) is 1.88. The molecule has 0 bridgehead atoms. The van der Waals surface area contributed by atoms with Gasteiger partial charge >= 0.3 is 0 Å². The number of rotatable bonds is 0. The van der Waals surface area contributed by atoms with Crippen LogP contribution in [-0.4, -0.2) is 0 Å². The lowest BCUT2D eigenvalue weighted by Crippen LogP contribution is -1.86. The van der Waals surface area contributed by atoms with Crippen molar-refractivity contribution in [1.29, 1.82) is 5.26 Å². The number of aryl methyl sites for hydroxylation is 1. The summed E-state index contributed by atoms with van der Waals surface area (Å²) in [6.07, 6.45) is 0. The highest BCUT2D eigenvalue weighted by atomic mass is 127. The highest BCUT2D eigenvalue weighted by Crippen LogP contribution is 2.20. The number of hydrogen-bond donors (Lipinski definition) is 1. The number of hydrogen-bond acceptors (Lipinski definition) is 2. The van der Waals surface area contributed by atoms with E-state index in [-0.39, 0.29) is 0 Å². The summed E-state index contributed by atoms with van der Waals surface area (Å²) >= 11 is 6.34. The Labute approximate surface area is 85.0 Å². The van der Waals surface area contributed by atoms with E-state index in [1.807, 2.05) is 13.0 Å². The van der Waals surface area contributed by atoms with Crippen LogP contribution in [0.5, 0.6) is 0 Å². The fourth-order valence-corrected chi connectivity index (χ4v) is 1.59. The maximum absolute atomic E-state index is 8.68. The van der Waals surface area contributed by atoms with Crippen molar-refractivity contribution in [2.75, 3.05) is 0 Å². The standard InChI is InChI=1S/C8H6INS/c1-5-2-7(11)3-6(4-10)8(5)9/h2-3,11H,1H3. The van der Waals surface area contributed by atoms with Crippen LogP contribution in [0.25, 0.3) is 0 Å². The van der Waals surface area contributed by atoms with Crippen LogP contribution in [0.2, 0.25) is 0 Å². The minimum absolute atomic E-state index is 0.704. The monoisotopic (exact) mass is 275 g/mol. The molecule has 0 atom stereocenters. The second-order valence-corrected chi connectivity index (χ2v) is 3.83. The molecule has 3 heteroatoms. The first-order chi connectivity index (χ1) is 5.15. The summed E-state index contributed by atoms with van der Waals surface area (Å²) in [6, 6.07) is 5.85. The van der Waals surface area contributed by atoms with E-state index in [2.05, 4.69) is 41.3 Å². The lowest BCUT2D eigenvalue weighted by Gasteiger charge is -2.00. The molecule has 0 unspecified atom stereocenters. The van der Waals surface area contributed by atoms with E-state index in [0.29, 0.717) is 5.56 Å². The SMILES string of the molecule is Cc1cc(S)cc(C#N)c1I. The molecular weight excluding hydrogens is 269 g/mol. The maximum atomic E-state index is 8.68. The second kappa shape index (κ2) is 3.46. The highest BCUT2D eigenvalue weighted by Gasteiger charge is 2.02. The summed E-state index contributed by atoms with van der Waals surface area (Å²) in [5.74, 6) is 0. The van der Waals surface area contributed by atoms with Crippen LogP contribution in [0, 0.1) is 21.8 Å². The molecule has 11 heavy (non-hydrogen) atoms. The van der Waals surface area contributed by atoms with Crippen LogP contribution in [0.1, 0.15) is 11.1 Å². The Morgan fingerprint density at radius 3 is 2.73 bits per heavy atom. The Kier molecular flexibility index (Phi) is 2.79. The van der Waals surface area contributed by atoms with Gasteiger partial charge in [0.05, 0.1) is 5.56 Å². The molecule has 0 amide bonds. The Bertz CT molecular complexity index is 328. The van der Waals surface area contributed by atoms with Crippen LogP contribution in [-0.2, 0) is 0 Å².